The van der Waals surface area contributed by atoms with E-state index in [1.54, 1.807) is 19.2 Å². The fourth-order valence-electron chi connectivity index (χ4n) is 4.36. The van der Waals surface area contributed by atoms with E-state index >= 15 is 0 Å². The van der Waals surface area contributed by atoms with Gasteiger partial charge in [-0.1, -0.05) is 41.9 Å². The minimum atomic E-state index is -4.02. The van der Waals surface area contributed by atoms with E-state index in [2.05, 4.69) is 4.90 Å². The molecule has 1 heterocycles. The maximum atomic E-state index is 14.5. The largest absolute Gasteiger partial charge is 0.497 e. The van der Waals surface area contributed by atoms with Gasteiger partial charge in [-0.25, -0.2) is 17.6 Å². The van der Waals surface area contributed by atoms with E-state index in [1.807, 2.05) is 36.4 Å². The highest BCUT2D eigenvalue weighted by Gasteiger charge is 2.32. The Bertz CT molecular complexity index is 1400. The number of rotatable bonds is 10. The molecular weight excluding hydrogens is 547 g/mol. The average Bonchev–Trinajstić information content (AvgIpc) is 2.96. The lowest BCUT2D eigenvalue weighted by atomic mass is 10.1. The maximum Gasteiger partial charge on any atom is 0.337 e. The highest BCUT2D eigenvalue weighted by atomic mass is 35.5. The van der Waals surface area contributed by atoms with Gasteiger partial charge in [-0.15, -0.1) is 0 Å². The van der Waals surface area contributed by atoms with Gasteiger partial charge in [0.15, 0.2) is 5.82 Å². The third-order valence-electron chi connectivity index (χ3n) is 6.58. The summed E-state index contributed by atoms with van der Waals surface area (Å²) in [5, 5.41) is -0.229. The van der Waals surface area contributed by atoms with Crippen molar-refractivity contribution in [1.82, 2.24) is 9.21 Å². The van der Waals surface area contributed by atoms with Crippen molar-refractivity contribution in [3.05, 3.63) is 94.3 Å². The summed E-state index contributed by atoms with van der Waals surface area (Å²) in [6.45, 7) is 2.10. The van der Waals surface area contributed by atoms with Gasteiger partial charge in [-0.3, -0.25) is 4.90 Å². The summed E-state index contributed by atoms with van der Waals surface area (Å²) in [5.41, 5.74) is 2.25. The molecule has 0 unspecified atom stereocenters. The molecule has 3 aromatic carbocycles. The molecule has 0 radical (unpaired) electrons. The second-order valence-corrected chi connectivity index (χ2v) is 11.3. The zero-order valence-electron chi connectivity index (χ0n) is 21.7. The van der Waals surface area contributed by atoms with Crippen molar-refractivity contribution in [2.45, 2.75) is 17.6 Å². The lowest BCUT2D eigenvalue weighted by Crippen LogP contribution is -2.49. The van der Waals surface area contributed by atoms with Gasteiger partial charge in [0.05, 0.1) is 37.5 Å². The van der Waals surface area contributed by atoms with E-state index < -0.39 is 26.7 Å². The Labute approximate surface area is 232 Å². The minimum absolute atomic E-state index is 0.202. The monoisotopic (exact) mass is 576 g/mol. The molecule has 0 aromatic heterocycles. The zero-order chi connectivity index (χ0) is 28.0. The van der Waals surface area contributed by atoms with Crippen LogP contribution in [0.5, 0.6) is 5.75 Å². The van der Waals surface area contributed by atoms with Crippen LogP contribution in [0.4, 0.5) is 4.39 Å². The zero-order valence-corrected chi connectivity index (χ0v) is 23.3. The molecule has 3 aromatic rings. The fraction of sp³-hybridized carbons (Fsp3) is 0.321. The van der Waals surface area contributed by atoms with Gasteiger partial charge in [-0.2, -0.15) is 4.31 Å². The van der Waals surface area contributed by atoms with Crippen molar-refractivity contribution in [2.75, 3.05) is 46.9 Å². The maximum absolute atomic E-state index is 14.5. The number of hydrogen-bond donors (Lipinski definition) is 0. The summed E-state index contributed by atoms with van der Waals surface area (Å²) >= 11 is 5.81. The molecule has 39 heavy (non-hydrogen) atoms. The van der Waals surface area contributed by atoms with E-state index in [4.69, 9.17) is 25.8 Å². The molecule has 0 aliphatic carbocycles. The van der Waals surface area contributed by atoms with E-state index in [0.29, 0.717) is 37.6 Å². The Kier molecular flexibility index (Phi) is 9.58. The van der Waals surface area contributed by atoms with Crippen LogP contribution in [-0.2, 0) is 26.1 Å². The lowest BCUT2D eigenvalue weighted by Gasteiger charge is -2.36. The van der Waals surface area contributed by atoms with Crippen LogP contribution in [-0.4, -0.2) is 70.5 Å². The average molecular weight is 577 g/mol. The van der Waals surface area contributed by atoms with E-state index in [1.165, 1.54) is 29.6 Å². The van der Waals surface area contributed by atoms with Gasteiger partial charge in [0.25, 0.3) is 0 Å². The molecule has 1 fully saturated rings. The third-order valence-corrected chi connectivity index (χ3v) is 8.79. The molecule has 8 nitrogen and oxygen atoms in total. The van der Waals surface area contributed by atoms with Crippen molar-refractivity contribution in [3.63, 3.8) is 0 Å². The molecule has 4 rings (SSSR count). The van der Waals surface area contributed by atoms with Gasteiger partial charge in [-0.05, 0) is 47.5 Å². The number of methoxy groups -OCH3 is 2. The van der Waals surface area contributed by atoms with Gasteiger partial charge >= 0.3 is 5.97 Å². The highest BCUT2D eigenvalue weighted by Crippen LogP contribution is 2.28. The predicted molar refractivity (Wildman–Crippen MR) is 145 cm³/mol. The van der Waals surface area contributed by atoms with Gasteiger partial charge < -0.3 is 14.2 Å². The van der Waals surface area contributed by atoms with E-state index in [0.717, 1.165) is 11.1 Å². The van der Waals surface area contributed by atoms with Crippen molar-refractivity contribution in [2.24, 2.45) is 0 Å². The van der Waals surface area contributed by atoms with E-state index in [9.17, 15) is 17.6 Å². The summed E-state index contributed by atoms with van der Waals surface area (Å²) < 4.78 is 58.3. The molecule has 0 amide bonds. The van der Waals surface area contributed by atoms with Crippen LogP contribution < -0.4 is 4.74 Å². The van der Waals surface area contributed by atoms with Crippen LogP contribution >= 0.6 is 11.6 Å². The second kappa shape index (κ2) is 12.9. The first kappa shape index (κ1) is 29.0. The number of hydrogen-bond acceptors (Lipinski definition) is 7. The predicted octanol–water partition coefficient (Wildman–Crippen LogP) is 4.54. The van der Waals surface area contributed by atoms with Gasteiger partial charge in [0.1, 0.15) is 10.6 Å². The van der Waals surface area contributed by atoms with Crippen molar-refractivity contribution < 1.29 is 31.8 Å². The summed E-state index contributed by atoms with van der Waals surface area (Å²) in [6.07, 6.45) is -0.339. The summed E-state index contributed by atoms with van der Waals surface area (Å²) in [6, 6.07) is 18.6. The molecule has 208 valence electrons. The Hall–Kier alpha value is -3.02. The molecule has 1 saturated heterocycles. The van der Waals surface area contributed by atoms with Crippen LogP contribution in [0.3, 0.4) is 0 Å². The first-order chi connectivity index (χ1) is 18.7. The molecule has 1 atom stereocenters. The van der Waals surface area contributed by atoms with Crippen LogP contribution in [0.1, 0.15) is 27.6 Å². The Morgan fingerprint density at radius 3 is 2.36 bits per heavy atom. The first-order valence-corrected chi connectivity index (χ1v) is 14.1. The highest BCUT2D eigenvalue weighted by molar-refractivity contribution is 7.89. The molecule has 1 aliphatic rings. The van der Waals surface area contributed by atoms with Gasteiger partial charge in [0, 0.05) is 32.7 Å². The number of benzene rings is 3. The van der Waals surface area contributed by atoms with E-state index in [-0.39, 0.29) is 24.2 Å². The minimum Gasteiger partial charge on any atom is -0.497 e. The third kappa shape index (κ3) is 6.95. The Balaban J connectivity index is 1.44. The smallest absolute Gasteiger partial charge is 0.337 e. The number of carbonyl (C=O) groups excluding carboxylic acids is 1. The second-order valence-electron chi connectivity index (χ2n) is 9.02. The number of ether oxygens (including phenoxy) is 3. The Morgan fingerprint density at radius 2 is 1.69 bits per heavy atom. The summed E-state index contributed by atoms with van der Waals surface area (Å²) in [4.78, 5) is 13.4. The van der Waals surface area contributed by atoms with Gasteiger partial charge in [0.2, 0.25) is 10.0 Å². The standard InChI is InChI=1S/C28H30ClFN2O6S/c1-36-23-6-3-5-22(17-23)25(38-19-20-9-11-21(12-10-20)28(33)37-2)18-31-13-15-32(16-14-31)39(34,35)26-8-4-7-24(29)27(26)30/h3-12,17,25H,13-16,18-19H2,1-2H3/t25-/m0/s1. The first-order valence-electron chi connectivity index (χ1n) is 12.3. The number of carbonyl (C=O) groups is 1. The fourth-order valence-corrected chi connectivity index (χ4v) is 6.10. The van der Waals surface area contributed by atoms with Crippen LogP contribution in [0.15, 0.2) is 71.6 Å². The molecule has 0 bridgehead atoms. The van der Waals surface area contributed by atoms with Crippen molar-refractivity contribution >= 4 is 27.6 Å². The molecule has 1 aliphatic heterocycles. The number of halogens is 2. The molecule has 0 saturated carbocycles. The lowest BCUT2D eigenvalue weighted by molar-refractivity contribution is 0.00760. The SMILES string of the molecule is COC(=O)c1ccc(CO[C@@H](CN2CCN(S(=O)(=O)c3cccc(Cl)c3F)CC2)c2cccc(OC)c2)cc1. The molecule has 11 heteroatoms. The number of piperazine rings is 1. The molecule has 0 N–H and O–H groups in total. The quantitative estimate of drug-likeness (QED) is 0.328. The molecule has 0 spiro atoms. The van der Waals surface area contributed by atoms with Crippen LogP contribution in [0, 0.1) is 5.82 Å². The topological polar surface area (TPSA) is 85.4 Å². The Morgan fingerprint density at radius 1 is 1.00 bits per heavy atom. The molecular formula is C28H30ClFN2O6S. The van der Waals surface area contributed by atoms with Crippen LogP contribution in [0.25, 0.3) is 0 Å². The summed E-state index contributed by atoms with van der Waals surface area (Å²) in [5.74, 6) is -0.647. The van der Waals surface area contributed by atoms with Crippen molar-refractivity contribution in [3.8, 4) is 5.75 Å². The number of esters is 1. The van der Waals surface area contributed by atoms with Crippen molar-refractivity contribution in [1.29, 1.82) is 0 Å². The normalized spacial score (nSPS) is 15.6. The number of sulfonamides is 1. The van der Waals surface area contributed by atoms with Crippen LogP contribution in [0.2, 0.25) is 5.02 Å². The summed E-state index contributed by atoms with van der Waals surface area (Å²) in [7, 11) is -1.09. The number of nitrogens with zero attached hydrogens (tertiary/aromatic N) is 2.